The Labute approximate surface area is 121 Å². The lowest BCUT2D eigenvalue weighted by molar-refractivity contribution is 0.00494. The Hall–Kier alpha value is -1.36. The lowest BCUT2D eigenvalue weighted by Crippen LogP contribution is -2.40. The van der Waals surface area contributed by atoms with E-state index in [0.29, 0.717) is 12.5 Å². The van der Waals surface area contributed by atoms with E-state index < -0.39 is 5.60 Å². The molecule has 20 heavy (non-hydrogen) atoms. The van der Waals surface area contributed by atoms with Gasteiger partial charge in [-0.2, -0.15) is 4.98 Å². The number of hydrogen-bond donors (Lipinski definition) is 3. The largest absolute Gasteiger partial charge is 0.388 e. The zero-order valence-electron chi connectivity index (χ0n) is 12.5. The first kappa shape index (κ1) is 15.0. The molecule has 0 radical (unpaired) electrons. The second kappa shape index (κ2) is 6.88. The molecule has 1 aromatic rings. The highest BCUT2D eigenvalue weighted by atomic mass is 16.3. The third kappa shape index (κ3) is 4.34. The number of nitrogens with zero attached hydrogens (tertiary/aromatic N) is 2. The monoisotopic (exact) mass is 278 g/mol. The number of aromatic nitrogens is 2. The summed E-state index contributed by atoms with van der Waals surface area (Å²) in [7, 11) is 0. The molecule has 3 N–H and O–H groups in total. The molecule has 0 bridgehead atoms. The topological polar surface area (TPSA) is 70.1 Å². The molecule has 0 amide bonds. The summed E-state index contributed by atoms with van der Waals surface area (Å²) >= 11 is 0. The normalized spacial score (nSPS) is 26.2. The maximum absolute atomic E-state index is 10.5. The molecule has 0 spiro atoms. The highest BCUT2D eigenvalue weighted by Crippen LogP contribution is 2.31. The Balaban J connectivity index is 1.87. The van der Waals surface area contributed by atoms with E-state index in [1.54, 1.807) is 6.20 Å². The van der Waals surface area contributed by atoms with Crippen LogP contribution >= 0.6 is 0 Å². The second-order valence-electron chi connectivity index (χ2n) is 5.95. The number of nitrogens with one attached hydrogen (secondary N) is 2. The van der Waals surface area contributed by atoms with Gasteiger partial charge in [-0.25, -0.2) is 4.98 Å². The Morgan fingerprint density at radius 1 is 1.35 bits per heavy atom. The van der Waals surface area contributed by atoms with Crippen LogP contribution in [-0.2, 0) is 0 Å². The van der Waals surface area contributed by atoms with Crippen molar-refractivity contribution in [2.45, 2.75) is 51.6 Å². The van der Waals surface area contributed by atoms with Gasteiger partial charge in [0.25, 0.3) is 0 Å². The van der Waals surface area contributed by atoms with Gasteiger partial charge in [0.15, 0.2) is 0 Å². The first-order valence-corrected chi connectivity index (χ1v) is 7.64. The van der Waals surface area contributed by atoms with Gasteiger partial charge in [-0.15, -0.1) is 0 Å². The predicted molar refractivity (Wildman–Crippen MR) is 81.9 cm³/mol. The van der Waals surface area contributed by atoms with Crippen molar-refractivity contribution in [2.75, 3.05) is 23.7 Å². The van der Waals surface area contributed by atoms with Crippen LogP contribution in [0.1, 0.15) is 46.0 Å². The zero-order chi connectivity index (χ0) is 14.4. The highest BCUT2D eigenvalue weighted by molar-refractivity contribution is 5.39. The van der Waals surface area contributed by atoms with Crippen molar-refractivity contribution in [1.29, 1.82) is 0 Å². The predicted octanol–water partition coefficient (Wildman–Crippen LogP) is 2.65. The van der Waals surface area contributed by atoms with Crippen molar-refractivity contribution in [1.82, 2.24) is 9.97 Å². The first-order valence-electron chi connectivity index (χ1n) is 7.64. The van der Waals surface area contributed by atoms with Gasteiger partial charge < -0.3 is 15.7 Å². The summed E-state index contributed by atoms with van der Waals surface area (Å²) in [6.45, 7) is 5.78. The summed E-state index contributed by atoms with van der Waals surface area (Å²) in [5.74, 6) is 2.14. The third-order valence-electron chi connectivity index (χ3n) is 3.99. The summed E-state index contributed by atoms with van der Waals surface area (Å²) in [5, 5.41) is 16.9. The van der Waals surface area contributed by atoms with E-state index in [9.17, 15) is 5.11 Å². The van der Waals surface area contributed by atoms with E-state index in [-0.39, 0.29) is 0 Å². The van der Waals surface area contributed by atoms with Gasteiger partial charge in [-0.05, 0) is 44.1 Å². The van der Waals surface area contributed by atoms with Crippen LogP contribution < -0.4 is 10.6 Å². The fourth-order valence-corrected chi connectivity index (χ4v) is 2.51. The van der Waals surface area contributed by atoms with Gasteiger partial charge in [0.05, 0.1) is 5.60 Å². The molecule has 112 valence electrons. The van der Waals surface area contributed by atoms with Crippen molar-refractivity contribution in [3.05, 3.63) is 12.3 Å². The minimum atomic E-state index is -0.589. The number of anilines is 2. The summed E-state index contributed by atoms with van der Waals surface area (Å²) in [4.78, 5) is 8.57. The van der Waals surface area contributed by atoms with Crippen molar-refractivity contribution in [3.63, 3.8) is 0 Å². The molecule has 1 fully saturated rings. The van der Waals surface area contributed by atoms with Crippen molar-refractivity contribution >= 4 is 11.8 Å². The Kier molecular flexibility index (Phi) is 5.17. The van der Waals surface area contributed by atoms with Gasteiger partial charge in [0.1, 0.15) is 5.82 Å². The van der Waals surface area contributed by atoms with Gasteiger partial charge in [0.2, 0.25) is 5.95 Å². The molecule has 0 aliphatic heterocycles. The molecule has 1 heterocycles. The van der Waals surface area contributed by atoms with Gasteiger partial charge >= 0.3 is 0 Å². The third-order valence-corrected chi connectivity index (χ3v) is 3.99. The van der Waals surface area contributed by atoms with E-state index in [1.807, 2.05) is 6.07 Å². The van der Waals surface area contributed by atoms with Crippen LogP contribution in [0, 0.1) is 5.92 Å². The molecule has 2 rings (SSSR count). The molecule has 0 unspecified atom stereocenters. The summed E-state index contributed by atoms with van der Waals surface area (Å²) in [5.41, 5.74) is -0.589. The molecule has 1 saturated carbocycles. The average molecular weight is 278 g/mol. The number of hydrogen-bond acceptors (Lipinski definition) is 5. The van der Waals surface area contributed by atoms with E-state index in [4.69, 9.17) is 0 Å². The zero-order valence-corrected chi connectivity index (χ0v) is 12.5. The minimum absolute atomic E-state index is 0.559. The summed E-state index contributed by atoms with van der Waals surface area (Å²) in [6, 6.07) is 1.84. The van der Waals surface area contributed by atoms with Crippen LogP contribution in [0.2, 0.25) is 0 Å². The molecule has 5 heteroatoms. The van der Waals surface area contributed by atoms with Crippen LogP contribution in [0.4, 0.5) is 11.8 Å². The van der Waals surface area contributed by atoms with Crippen molar-refractivity contribution in [3.8, 4) is 0 Å². The molecule has 1 aromatic heterocycles. The Morgan fingerprint density at radius 2 is 2.10 bits per heavy atom. The van der Waals surface area contributed by atoms with Gasteiger partial charge in [-0.3, -0.25) is 0 Å². The maximum Gasteiger partial charge on any atom is 0.224 e. The van der Waals surface area contributed by atoms with Crippen molar-refractivity contribution < 1.29 is 5.11 Å². The van der Waals surface area contributed by atoms with Gasteiger partial charge in [0, 0.05) is 19.3 Å². The molecule has 1 aliphatic carbocycles. The summed E-state index contributed by atoms with van der Waals surface area (Å²) in [6.07, 6.45) is 6.72. The first-order chi connectivity index (χ1) is 9.61. The van der Waals surface area contributed by atoms with Crippen molar-refractivity contribution in [2.24, 2.45) is 5.92 Å². The van der Waals surface area contributed by atoms with Crippen LogP contribution in [-0.4, -0.2) is 33.8 Å². The van der Waals surface area contributed by atoms with Crippen LogP contribution in [0.25, 0.3) is 0 Å². The minimum Gasteiger partial charge on any atom is -0.388 e. The molecule has 1 aliphatic rings. The molecule has 5 nitrogen and oxygen atoms in total. The lowest BCUT2D eigenvalue weighted by atomic mass is 9.79. The highest BCUT2D eigenvalue weighted by Gasteiger charge is 2.31. The summed E-state index contributed by atoms with van der Waals surface area (Å²) < 4.78 is 0. The molecule has 0 atom stereocenters. The van der Waals surface area contributed by atoms with Crippen LogP contribution in [0.15, 0.2) is 12.3 Å². The standard InChI is InChI=1S/C15H26N4O/c1-3-9-16-14-17-10-6-13(19-14)18-11-15(20)7-4-12(2)5-8-15/h6,10,12,20H,3-5,7-9,11H2,1-2H3,(H2,16,17,18,19). The number of rotatable bonds is 6. The lowest BCUT2D eigenvalue weighted by Gasteiger charge is -2.35. The smallest absolute Gasteiger partial charge is 0.224 e. The van der Waals surface area contributed by atoms with Crippen LogP contribution in [0.3, 0.4) is 0 Å². The Morgan fingerprint density at radius 3 is 2.80 bits per heavy atom. The SMILES string of the molecule is CCCNc1nccc(NCC2(O)CCC(C)CC2)n1. The van der Waals surface area contributed by atoms with Crippen LogP contribution in [0.5, 0.6) is 0 Å². The quantitative estimate of drug-likeness (QED) is 0.746. The Bertz CT molecular complexity index is 416. The van der Waals surface area contributed by atoms with E-state index in [2.05, 4.69) is 34.4 Å². The average Bonchev–Trinajstić information content (AvgIpc) is 2.47. The fraction of sp³-hybridized carbons (Fsp3) is 0.733. The number of aliphatic hydroxyl groups is 1. The molecule has 0 aromatic carbocycles. The van der Waals surface area contributed by atoms with E-state index in [0.717, 1.165) is 50.4 Å². The van der Waals surface area contributed by atoms with Gasteiger partial charge in [-0.1, -0.05) is 13.8 Å². The maximum atomic E-state index is 10.5. The molecule has 0 saturated heterocycles. The van der Waals surface area contributed by atoms with E-state index >= 15 is 0 Å². The molecular weight excluding hydrogens is 252 g/mol. The second-order valence-corrected chi connectivity index (χ2v) is 5.95. The van der Waals surface area contributed by atoms with E-state index in [1.165, 1.54) is 0 Å². The fourth-order valence-electron chi connectivity index (χ4n) is 2.51. The molecular formula is C15H26N4O.